The summed E-state index contributed by atoms with van der Waals surface area (Å²) in [5, 5.41) is 12.1. The average molecular weight is 329 g/mol. The van der Waals surface area contributed by atoms with E-state index in [0.29, 0.717) is 25.4 Å². The minimum absolute atomic E-state index is 0.171. The topological polar surface area (TPSA) is 88.1 Å². The van der Waals surface area contributed by atoms with Crippen molar-refractivity contribution < 1.29 is 24.2 Å². The van der Waals surface area contributed by atoms with Gasteiger partial charge < -0.3 is 24.8 Å². The molecule has 2 amide bonds. The van der Waals surface area contributed by atoms with Gasteiger partial charge >= 0.3 is 12.0 Å². The van der Waals surface area contributed by atoms with Gasteiger partial charge in [-0.3, -0.25) is 0 Å². The highest BCUT2D eigenvalue weighted by atomic mass is 35.5. The van der Waals surface area contributed by atoms with E-state index in [4.69, 9.17) is 16.3 Å². The predicted octanol–water partition coefficient (Wildman–Crippen LogP) is 1.35. The summed E-state index contributed by atoms with van der Waals surface area (Å²) < 4.78 is 9.82. The normalized spacial score (nSPS) is 18.0. The molecule has 2 N–H and O–H groups in total. The molecule has 1 aliphatic heterocycles. The fourth-order valence-corrected chi connectivity index (χ4v) is 2.39. The number of hydrogen-bond acceptors (Lipinski definition) is 5. The summed E-state index contributed by atoms with van der Waals surface area (Å²) in [6.07, 6.45) is 0. The van der Waals surface area contributed by atoms with Crippen LogP contribution in [0.5, 0.6) is 0 Å². The van der Waals surface area contributed by atoms with Gasteiger partial charge in [-0.1, -0.05) is 11.6 Å². The fourth-order valence-electron chi connectivity index (χ4n) is 2.14. The lowest BCUT2D eigenvalue weighted by Crippen LogP contribution is -2.52. The number of aliphatic hydroxyl groups excluding tert-OH is 1. The molecule has 0 radical (unpaired) electrons. The molecule has 8 heteroatoms. The smallest absolute Gasteiger partial charge is 0.339 e. The number of benzene rings is 1. The maximum Gasteiger partial charge on any atom is 0.339 e. The van der Waals surface area contributed by atoms with Crippen LogP contribution in [0.3, 0.4) is 0 Å². The van der Waals surface area contributed by atoms with Gasteiger partial charge in [-0.2, -0.15) is 0 Å². The molecule has 0 saturated carbocycles. The third-order valence-electron chi connectivity index (χ3n) is 3.32. The summed E-state index contributed by atoms with van der Waals surface area (Å²) in [6.45, 7) is 0.943. The standard InChI is InChI=1S/C14H17ClN2O5/c1-21-13(19)11-3-2-9(6-12(11)15)16-14(20)17-4-5-22-8-10(17)7-18/h2-3,6,10,18H,4-5,7-8H2,1H3,(H,16,20). The van der Waals surface area contributed by atoms with Crippen LogP contribution in [0.25, 0.3) is 0 Å². The van der Waals surface area contributed by atoms with Crippen LogP contribution < -0.4 is 5.32 Å². The number of nitrogens with one attached hydrogen (secondary N) is 1. The number of aliphatic hydroxyl groups is 1. The molecule has 1 aromatic rings. The molecule has 1 atom stereocenters. The van der Waals surface area contributed by atoms with Crippen molar-refractivity contribution in [3.8, 4) is 0 Å². The van der Waals surface area contributed by atoms with Gasteiger partial charge in [0.1, 0.15) is 0 Å². The van der Waals surface area contributed by atoms with E-state index in [9.17, 15) is 14.7 Å². The number of ether oxygens (including phenoxy) is 2. The lowest BCUT2D eigenvalue weighted by molar-refractivity contribution is -0.00485. The minimum atomic E-state index is -0.545. The van der Waals surface area contributed by atoms with Crippen molar-refractivity contribution in [2.24, 2.45) is 0 Å². The summed E-state index contributed by atoms with van der Waals surface area (Å²) in [7, 11) is 1.27. The van der Waals surface area contributed by atoms with Gasteiger partial charge in [0.25, 0.3) is 0 Å². The van der Waals surface area contributed by atoms with Crippen molar-refractivity contribution in [3.05, 3.63) is 28.8 Å². The molecular formula is C14H17ClN2O5. The molecule has 22 heavy (non-hydrogen) atoms. The van der Waals surface area contributed by atoms with Crippen LogP contribution in [-0.2, 0) is 9.47 Å². The number of methoxy groups -OCH3 is 1. The second-order valence-corrected chi connectivity index (χ2v) is 5.13. The molecular weight excluding hydrogens is 312 g/mol. The molecule has 1 fully saturated rings. The van der Waals surface area contributed by atoms with Crippen molar-refractivity contribution in [2.75, 3.05) is 38.8 Å². The molecule has 0 aliphatic carbocycles. The molecule has 0 aromatic heterocycles. The van der Waals surface area contributed by atoms with E-state index in [1.165, 1.54) is 24.1 Å². The van der Waals surface area contributed by atoms with Crippen LogP contribution in [0.1, 0.15) is 10.4 Å². The molecule has 0 spiro atoms. The summed E-state index contributed by atoms with van der Waals surface area (Å²) in [5.41, 5.74) is 0.674. The SMILES string of the molecule is COC(=O)c1ccc(NC(=O)N2CCOCC2CO)cc1Cl. The van der Waals surface area contributed by atoms with E-state index >= 15 is 0 Å². The monoisotopic (exact) mass is 328 g/mol. The van der Waals surface area contributed by atoms with Crippen molar-refractivity contribution >= 4 is 29.3 Å². The molecule has 1 heterocycles. The molecule has 120 valence electrons. The first-order valence-electron chi connectivity index (χ1n) is 6.71. The highest BCUT2D eigenvalue weighted by molar-refractivity contribution is 6.33. The number of esters is 1. The zero-order chi connectivity index (χ0) is 16.1. The highest BCUT2D eigenvalue weighted by Gasteiger charge is 2.26. The summed E-state index contributed by atoms with van der Waals surface area (Å²) in [5.74, 6) is -0.545. The third kappa shape index (κ3) is 3.68. The third-order valence-corrected chi connectivity index (χ3v) is 3.64. The van der Waals surface area contributed by atoms with E-state index in [1.807, 2.05) is 0 Å². The first-order valence-corrected chi connectivity index (χ1v) is 7.08. The Labute approximate surface area is 132 Å². The summed E-state index contributed by atoms with van der Waals surface area (Å²) in [6, 6.07) is 3.78. The molecule has 2 rings (SSSR count). The Hall–Kier alpha value is -1.83. The van der Waals surface area contributed by atoms with Crippen LogP contribution in [0, 0.1) is 0 Å². The molecule has 0 bridgehead atoms. The molecule has 1 saturated heterocycles. The van der Waals surface area contributed by atoms with Crippen LogP contribution >= 0.6 is 11.6 Å². The number of anilines is 1. The maximum absolute atomic E-state index is 12.2. The van der Waals surface area contributed by atoms with Gasteiger partial charge in [-0.15, -0.1) is 0 Å². The van der Waals surface area contributed by atoms with Gasteiger partial charge in [0.2, 0.25) is 0 Å². The Kier molecular flexibility index (Phi) is 5.59. The van der Waals surface area contributed by atoms with Crippen molar-refractivity contribution in [1.82, 2.24) is 4.90 Å². The number of carbonyl (C=O) groups excluding carboxylic acids is 2. The van der Waals surface area contributed by atoms with Crippen LogP contribution in [0.15, 0.2) is 18.2 Å². The van der Waals surface area contributed by atoms with Crippen molar-refractivity contribution in [3.63, 3.8) is 0 Å². The second kappa shape index (κ2) is 7.44. The number of amides is 2. The van der Waals surface area contributed by atoms with Crippen LogP contribution in [-0.4, -0.2) is 61.5 Å². The highest BCUT2D eigenvalue weighted by Crippen LogP contribution is 2.22. The van der Waals surface area contributed by atoms with Gasteiger partial charge in [0.15, 0.2) is 0 Å². The molecule has 7 nitrogen and oxygen atoms in total. The predicted molar refractivity (Wildman–Crippen MR) is 80.2 cm³/mol. The van der Waals surface area contributed by atoms with Gasteiger partial charge in [0, 0.05) is 12.2 Å². The molecule has 1 aliphatic rings. The number of urea groups is 1. The Morgan fingerprint density at radius 2 is 2.32 bits per heavy atom. The van der Waals surface area contributed by atoms with Gasteiger partial charge in [-0.25, -0.2) is 9.59 Å². The summed E-state index contributed by atoms with van der Waals surface area (Å²) in [4.78, 5) is 25.2. The van der Waals surface area contributed by atoms with E-state index in [-0.39, 0.29) is 29.3 Å². The Balaban J connectivity index is 2.08. The average Bonchev–Trinajstić information content (AvgIpc) is 2.54. The van der Waals surface area contributed by atoms with E-state index in [2.05, 4.69) is 10.1 Å². The number of carbonyl (C=O) groups is 2. The van der Waals surface area contributed by atoms with Crippen LogP contribution in [0.2, 0.25) is 5.02 Å². The van der Waals surface area contributed by atoms with E-state index < -0.39 is 5.97 Å². The zero-order valence-electron chi connectivity index (χ0n) is 12.0. The Morgan fingerprint density at radius 1 is 1.55 bits per heavy atom. The number of halogens is 1. The van der Waals surface area contributed by atoms with Crippen molar-refractivity contribution in [2.45, 2.75) is 6.04 Å². The number of morpholine rings is 1. The lowest BCUT2D eigenvalue weighted by atomic mass is 10.2. The number of hydrogen-bond donors (Lipinski definition) is 2. The van der Waals surface area contributed by atoms with Crippen LogP contribution in [0.4, 0.5) is 10.5 Å². The molecule has 1 unspecified atom stereocenters. The zero-order valence-corrected chi connectivity index (χ0v) is 12.8. The first-order chi connectivity index (χ1) is 10.6. The van der Waals surface area contributed by atoms with Gasteiger partial charge in [-0.05, 0) is 18.2 Å². The lowest BCUT2D eigenvalue weighted by Gasteiger charge is -2.34. The maximum atomic E-state index is 12.2. The Bertz CT molecular complexity index is 566. The first kappa shape index (κ1) is 16.5. The minimum Gasteiger partial charge on any atom is -0.465 e. The summed E-state index contributed by atoms with van der Waals surface area (Å²) >= 11 is 6.00. The quantitative estimate of drug-likeness (QED) is 0.818. The number of rotatable bonds is 3. The van der Waals surface area contributed by atoms with Gasteiger partial charge in [0.05, 0.1) is 43.6 Å². The molecule has 1 aromatic carbocycles. The fraction of sp³-hybridized carbons (Fsp3) is 0.429. The van der Waals surface area contributed by atoms with E-state index in [0.717, 1.165) is 0 Å². The van der Waals surface area contributed by atoms with E-state index in [1.54, 1.807) is 6.07 Å². The largest absolute Gasteiger partial charge is 0.465 e. The van der Waals surface area contributed by atoms with Crippen molar-refractivity contribution in [1.29, 1.82) is 0 Å². The second-order valence-electron chi connectivity index (χ2n) is 4.72. The number of nitrogens with zero attached hydrogens (tertiary/aromatic N) is 1. The Morgan fingerprint density at radius 3 is 2.95 bits per heavy atom.